The molecule has 1 fully saturated rings. The van der Waals surface area contributed by atoms with E-state index in [9.17, 15) is 4.79 Å². The van der Waals surface area contributed by atoms with Crippen molar-refractivity contribution in [3.05, 3.63) is 30.6 Å². The van der Waals surface area contributed by atoms with Gasteiger partial charge in [0.05, 0.1) is 17.4 Å². The van der Waals surface area contributed by atoms with E-state index in [1.165, 1.54) is 0 Å². The van der Waals surface area contributed by atoms with Crippen LogP contribution >= 0.6 is 24.8 Å². The molecule has 1 amide bonds. The number of carbonyl (C=O) groups excluding carboxylic acids is 1. The van der Waals surface area contributed by atoms with E-state index in [0.717, 1.165) is 37.0 Å². The van der Waals surface area contributed by atoms with Crippen molar-refractivity contribution in [2.45, 2.75) is 31.8 Å². The summed E-state index contributed by atoms with van der Waals surface area (Å²) in [6.07, 6.45) is 4.47. The number of nitrogens with one attached hydrogen (secondary N) is 1. The molecule has 1 aliphatic heterocycles. The quantitative estimate of drug-likeness (QED) is 0.913. The molecule has 1 aromatic heterocycles. The van der Waals surface area contributed by atoms with Crippen molar-refractivity contribution < 1.29 is 4.79 Å². The number of benzene rings is 1. The number of nitrogens with zero attached hydrogens (tertiary/aromatic N) is 3. The van der Waals surface area contributed by atoms with Gasteiger partial charge in [-0.2, -0.15) is 0 Å². The fraction of sp³-hybridized carbons (Fsp3) is 0.500. The van der Waals surface area contributed by atoms with Crippen molar-refractivity contribution in [2.24, 2.45) is 0 Å². The number of fused-ring (bicyclic) bond motifs is 1. The number of carbonyl (C=O) groups is 1. The molecule has 2 heterocycles. The Morgan fingerprint density at radius 2 is 1.96 bits per heavy atom. The number of piperidine rings is 1. The van der Waals surface area contributed by atoms with E-state index in [1.54, 1.807) is 0 Å². The molecular weight excluding hydrogens is 335 g/mol. The molecule has 0 bridgehead atoms. The molecule has 1 N–H and O–H groups in total. The molecule has 23 heavy (non-hydrogen) atoms. The van der Waals surface area contributed by atoms with Crippen LogP contribution < -0.4 is 5.32 Å². The maximum atomic E-state index is 12.3. The summed E-state index contributed by atoms with van der Waals surface area (Å²) in [6, 6.07) is 8.59. The van der Waals surface area contributed by atoms with Gasteiger partial charge in [0.15, 0.2) is 0 Å². The molecule has 0 spiro atoms. The Morgan fingerprint density at radius 1 is 1.26 bits per heavy atom. The van der Waals surface area contributed by atoms with Gasteiger partial charge >= 0.3 is 0 Å². The van der Waals surface area contributed by atoms with Crippen LogP contribution in [0.3, 0.4) is 0 Å². The zero-order valence-corrected chi connectivity index (χ0v) is 14.9. The van der Waals surface area contributed by atoms with Crippen LogP contribution in [0.5, 0.6) is 0 Å². The Morgan fingerprint density at radius 3 is 2.65 bits per heavy atom. The van der Waals surface area contributed by atoms with Gasteiger partial charge in [0, 0.05) is 32.1 Å². The minimum absolute atomic E-state index is 0. The van der Waals surface area contributed by atoms with Gasteiger partial charge in [-0.3, -0.25) is 4.79 Å². The number of hydrogen-bond donors (Lipinski definition) is 1. The molecule has 5 nitrogen and oxygen atoms in total. The van der Waals surface area contributed by atoms with Gasteiger partial charge in [-0.1, -0.05) is 12.1 Å². The lowest BCUT2D eigenvalue weighted by molar-refractivity contribution is -0.132. The molecular formula is C16H24Cl2N4O. The van der Waals surface area contributed by atoms with E-state index in [-0.39, 0.29) is 30.7 Å². The standard InChI is InChI=1S/C16H22N4O.2ClH/c1-17-13-6-9-19(10-7-13)16(21)8-11-20-12-18-14-4-2-3-5-15(14)20;;/h2-5,12-13,17H,6-11H2,1H3;2*1H. The highest BCUT2D eigenvalue weighted by molar-refractivity contribution is 5.85. The van der Waals surface area contributed by atoms with Gasteiger partial charge in [0.25, 0.3) is 0 Å². The molecule has 128 valence electrons. The maximum Gasteiger partial charge on any atom is 0.224 e. The summed E-state index contributed by atoms with van der Waals surface area (Å²) >= 11 is 0. The van der Waals surface area contributed by atoms with Crippen molar-refractivity contribution in [3.8, 4) is 0 Å². The van der Waals surface area contributed by atoms with Crippen LogP contribution in [0, 0.1) is 0 Å². The van der Waals surface area contributed by atoms with Gasteiger partial charge in [-0.25, -0.2) is 4.98 Å². The minimum atomic E-state index is 0. The molecule has 2 aromatic rings. The Bertz CT molecular complexity index is 623. The molecule has 0 radical (unpaired) electrons. The topological polar surface area (TPSA) is 50.2 Å². The molecule has 1 saturated heterocycles. The number of halogens is 2. The number of rotatable bonds is 4. The molecule has 3 rings (SSSR count). The number of hydrogen-bond acceptors (Lipinski definition) is 3. The lowest BCUT2D eigenvalue weighted by Crippen LogP contribution is -2.44. The van der Waals surface area contributed by atoms with Gasteiger partial charge in [-0.15, -0.1) is 24.8 Å². The predicted octanol–water partition coefficient (Wildman–Crippen LogP) is 2.48. The van der Waals surface area contributed by atoms with Crippen LogP contribution in [-0.4, -0.2) is 46.5 Å². The summed E-state index contributed by atoms with van der Waals surface area (Å²) in [5.74, 6) is 0.252. The number of imidazole rings is 1. The number of para-hydroxylation sites is 2. The van der Waals surface area contributed by atoms with Crippen molar-refractivity contribution in [2.75, 3.05) is 20.1 Å². The molecule has 0 aliphatic carbocycles. The van der Waals surface area contributed by atoms with Crippen molar-refractivity contribution in [3.63, 3.8) is 0 Å². The Kier molecular flexibility index (Phi) is 7.82. The van der Waals surface area contributed by atoms with Crippen LogP contribution in [0.1, 0.15) is 19.3 Å². The Hall–Kier alpha value is -1.30. The number of amides is 1. The van der Waals surface area contributed by atoms with Crippen LogP contribution in [0.15, 0.2) is 30.6 Å². The summed E-state index contributed by atoms with van der Waals surface area (Å²) in [7, 11) is 1.99. The van der Waals surface area contributed by atoms with E-state index in [4.69, 9.17) is 0 Å². The first-order valence-corrected chi connectivity index (χ1v) is 7.63. The normalized spacial score (nSPS) is 15.1. The number of aryl methyl sites for hydroxylation is 1. The molecule has 0 unspecified atom stereocenters. The largest absolute Gasteiger partial charge is 0.343 e. The zero-order valence-electron chi connectivity index (χ0n) is 13.3. The third-order valence-electron chi connectivity index (χ3n) is 4.35. The van der Waals surface area contributed by atoms with Crippen LogP contribution in [-0.2, 0) is 11.3 Å². The maximum absolute atomic E-state index is 12.3. The first kappa shape index (κ1) is 19.7. The van der Waals surface area contributed by atoms with Crippen LogP contribution in [0.25, 0.3) is 11.0 Å². The van der Waals surface area contributed by atoms with E-state index >= 15 is 0 Å². The lowest BCUT2D eigenvalue weighted by atomic mass is 10.1. The highest BCUT2D eigenvalue weighted by atomic mass is 35.5. The SMILES string of the molecule is CNC1CCN(C(=O)CCn2cnc3ccccc32)CC1.Cl.Cl. The lowest BCUT2D eigenvalue weighted by Gasteiger charge is -2.31. The van der Waals surface area contributed by atoms with Crippen molar-refractivity contribution in [1.82, 2.24) is 19.8 Å². The molecule has 0 saturated carbocycles. The summed E-state index contributed by atoms with van der Waals surface area (Å²) in [5, 5.41) is 3.29. The third-order valence-corrected chi connectivity index (χ3v) is 4.35. The first-order chi connectivity index (χ1) is 10.3. The Labute approximate surface area is 149 Å². The van der Waals surface area contributed by atoms with Crippen molar-refractivity contribution in [1.29, 1.82) is 0 Å². The van der Waals surface area contributed by atoms with Gasteiger partial charge in [-0.05, 0) is 32.0 Å². The van der Waals surface area contributed by atoms with E-state index in [2.05, 4.69) is 14.9 Å². The van der Waals surface area contributed by atoms with Crippen LogP contribution in [0.2, 0.25) is 0 Å². The van der Waals surface area contributed by atoms with Crippen LogP contribution in [0.4, 0.5) is 0 Å². The molecule has 7 heteroatoms. The average Bonchev–Trinajstić information content (AvgIpc) is 2.96. The Balaban J connectivity index is 0.00000132. The fourth-order valence-corrected chi connectivity index (χ4v) is 2.98. The fourth-order valence-electron chi connectivity index (χ4n) is 2.98. The summed E-state index contributed by atoms with van der Waals surface area (Å²) in [4.78, 5) is 18.6. The second-order valence-corrected chi connectivity index (χ2v) is 5.62. The number of likely N-dealkylation sites (tertiary alicyclic amines) is 1. The molecule has 0 atom stereocenters. The molecule has 1 aliphatic rings. The summed E-state index contributed by atoms with van der Waals surface area (Å²) < 4.78 is 2.06. The third kappa shape index (κ3) is 4.59. The van der Waals surface area contributed by atoms with Gasteiger partial charge in [0.1, 0.15) is 0 Å². The van der Waals surface area contributed by atoms with Gasteiger partial charge in [0.2, 0.25) is 5.91 Å². The first-order valence-electron chi connectivity index (χ1n) is 7.63. The van der Waals surface area contributed by atoms with E-state index < -0.39 is 0 Å². The summed E-state index contributed by atoms with van der Waals surface area (Å²) in [5.41, 5.74) is 2.08. The van der Waals surface area contributed by atoms with E-state index in [0.29, 0.717) is 19.0 Å². The second kappa shape index (κ2) is 9.11. The number of aromatic nitrogens is 2. The second-order valence-electron chi connectivity index (χ2n) is 5.62. The monoisotopic (exact) mass is 358 g/mol. The highest BCUT2D eigenvalue weighted by Gasteiger charge is 2.21. The zero-order chi connectivity index (χ0) is 14.7. The predicted molar refractivity (Wildman–Crippen MR) is 97.5 cm³/mol. The molecule has 1 aromatic carbocycles. The van der Waals surface area contributed by atoms with Crippen molar-refractivity contribution >= 4 is 41.8 Å². The summed E-state index contributed by atoms with van der Waals surface area (Å²) in [6.45, 7) is 2.44. The highest BCUT2D eigenvalue weighted by Crippen LogP contribution is 2.14. The van der Waals surface area contributed by atoms with Gasteiger partial charge < -0.3 is 14.8 Å². The minimum Gasteiger partial charge on any atom is -0.343 e. The smallest absolute Gasteiger partial charge is 0.224 e. The van der Waals surface area contributed by atoms with E-state index in [1.807, 2.05) is 42.5 Å². The average molecular weight is 359 g/mol.